The number of sulfone groups is 1. The van der Waals surface area contributed by atoms with Gasteiger partial charge in [0.25, 0.3) is 0 Å². The molecule has 0 amide bonds. The van der Waals surface area contributed by atoms with E-state index < -0.39 is 9.84 Å². The molecule has 1 aromatic carbocycles. The van der Waals surface area contributed by atoms with Gasteiger partial charge in [-0.3, -0.25) is 0 Å². The second-order valence-corrected chi connectivity index (χ2v) is 8.30. The molecule has 1 aliphatic carbocycles. The molecule has 1 aliphatic rings. The van der Waals surface area contributed by atoms with Gasteiger partial charge in [0, 0.05) is 6.04 Å². The van der Waals surface area contributed by atoms with Gasteiger partial charge in [0.15, 0.2) is 9.84 Å². The monoisotopic (exact) mass is 309 g/mol. The lowest BCUT2D eigenvalue weighted by Gasteiger charge is -2.20. The fourth-order valence-electron chi connectivity index (χ4n) is 3.21. The van der Waals surface area contributed by atoms with Crippen LogP contribution in [0, 0.1) is 5.92 Å². The lowest BCUT2D eigenvalue weighted by atomic mass is 10.0. The minimum absolute atomic E-state index is 0.174. The normalized spacial score (nSPS) is 22.5. The Kier molecular flexibility index (Phi) is 6.24. The van der Waals surface area contributed by atoms with Crippen LogP contribution >= 0.6 is 0 Å². The summed E-state index contributed by atoms with van der Waals surface area (Å²) < 4.78 is 24.5. The van der Waals surface area contributed by atoms with Crippen molar-refractivity contribution in [2.24, 2.45) is 5.92 Å². The highest BCUT2D eigenvalue weighted by Crippen LogP contribution is 2.29. The van der Waals surface area contributed by atoms with Gasteiger partial charge < -0.3 is 5.32 Å². The minimum Gasteiger partial charge on any atom is -0.314 e. The van der Waals surface area contributed by atoms with Crippen molar-refractivity contribution in [3.05, 3.63) is 35.9 Å². The second-order valence-electron chi connectivity index (χ2n) is 6.12. The molecule has 0 spiro atoms. The quantitative estimate of drug-likeness (QED) is 0.802. The summed E-state index contributed by atoms with van der Waals surface area (Å²) in [6, 6.07) is 10.0. The van der Waals surface area contributed by atoms with Crippen molar-refractivity contribution in [1.29, 1.82) is 0 Å². The zero-order valence-corrected chi connectivity index (χ0v) is 13.7. The lowest BCUT2D eigenvalue weighted by Crippen LogP contribution is -2.33. The molecule has 2 atom stereocenters. The van der Waals surface area contributed by atoms with Crippen LogP contribution in [0.4, 0.5) is 0 Å². The van der Waals surface area contributed by atoms with Gasteiger partial charge in [-0.2, -0.15) is 0 Å². The molecule has 21 heavy (non-hydrogen) atoms. The molecule has 118 valence electrons. The molecule has 0 bridgehead atoms. The summed E-state index contributed by atoms with van der Waals surface area (Å²) in [4.78, 5) is 0. The van der Waals surface area contributed by atoms with Gasteiger partial charge in [0.2, 0.25) is 0 Å². The van der Waals surface area contributed by atoms with Crippen LogP contribution in [-0.2, 0) is 15.6 Å². The van der Waals surface area contributed by atoms with Crippen LogP contribution in [0.15, 0.2) is 30.3 Å². The summed E-state index contributed by atoms with van der Waals surface area (Å²) in [7, 11) is -2.99. The summed E-state index contributed by atoms with van der Waals surface area (Å²) in [6.07, 6.45) is 5.53. The summed E-state index contributed by atoms with van der Waals surface area (Å²) in [6.45, 7) is 3.21. The van der Waals surface area contributed by atoms with E-state index in [0.717, 1.165) is 24.9 Å². The van der Waals surface area contributed by atoms with E-state index in [-0.39, 0.29) is 5.75 Å². The average Bonchev–Trinajstić information content (AvgIpc) is 2.91. The number of nitrogens with one attached hydrogen (secondary N) is 1. The molecular formula is C17H27NO2S. The highest BCUT2D eigenvalue weighted by atomic mass is 32.2. The molecule has 1 N–H and O–H groups in total. The highest BCUT2D eigenvalue weighted by Gasteiger charge is 2.27. The highest BCUT2D eigenvalue weighted by molar-refractivity contribution is 7.90. The van der Waals surface area contributed by atoms with E-state index >= 15 is 0 Å². The zero-order chi connectivity index (χ0) is 15.1. The first-order valence-corrected chi connectivity index (χ1v) is 9.90. The van der Waals surface area contributed by atoms with Gasteiger partial charge >= 0.3 is 0 Å². The first-order chi connectivity index (χ1) is 10.1. The topological polar surface area (TPSA) is 46.2 Å². The van der Waals surface area contributed by atoms with Gasteiger partial charge in [0.1, 0.15) is 0 Å². The first-order valence-electron chi connectivity index (χ1n) is 8.08. The van der Waals surface area contributed by atoms with Gasteiger partial charge in [0.05, 0.1) is 11.5 Å². The SMILES string of the molecule is CCCNC1CCCC1CCS(=O)(=O)Cc1ccccc1. The Bertz CT molecular complexity index is 513. The fourth-order valence-corrected chi connectivity index (χ4v) is 4.72. The first kappa shape index (κ1) is 16.5. The van der Waals surface area contributed by atoms with E-state index in [1.807, 2.05) is 30.3 Å². The van der Waals surface area contributed by atoms with Crippen molar-refractivity contribution in [1.82, 2.24) is 5.32 Å². The third-order valence-corrected chi connectivity index (χ3v) is 5.98. The molecular weight excluding hydrogens is 282 g/mol. The second kappa shape index (κ2) is 7.95. The van der Waals surface area contributed by atoms with Crippen molar-refractivity contribution in [2.45, 2.75) is 50.8 Å². The summed E-state index contributed by atoms with van der Waals surface area (Å²) in [5.41, 5.74) is 0.893. The van der Waals surface area contributed by atoms with E-state index in [1.54, 1.807) is 0 Å². The minimum atomic E-state index is -2.99. The van der Waals surface area contributed by atoms with Crippen molar-refractivity contribution in [2.75, 3.05) is 12.3 Å². The van der Waals surface area contributed by atoms with Gasteiger partial charge in [-0.1, -0.05) is 43.7 Å². The zero-order valence-electron chi connectivity index (χ0n) is 12.9. The Morgan fingerprint density at radius 1 is 1.19 bits per heavy atom. The van der Waals surface area contributed by atoms with Gasteiger partial charge in [-0.25, -0.2) is 8.42 Å². The molecule has 1 fully saturated rings. The summed E-state index contributed by atoms with van der Waals surface area (Å²) >= 11 is 0. The van der Waals surface area contributed by atoms with E-state index in [1.165, 1.54) is 19.3 Å². The van der Waals surface area contributed by atoms with Crippen LogP contribution in [0.3, 0.4) is 0 Å². The molecule has 3 nitrogen and oxygen atoms in total. The lowest BCUT2D eigenvalue weighted by molar-refractivity contribution is 0.391. The van der Waals surface area contributed by atoms with Crippen LogP contribution in [0.2, 0.25) is 0 Å². The van der Waals surface area contributed by atoms with Crippen molar-refractivity contribution in [3.8, 4) is 0 Å². The maximum Gasteiger partial charge on any atom is 0.154 e. The molecule has 0 saturated heterocycles. The third kappa shape index (κ3) is 5.44. The van der Waals surface area contributed by atoms with Crippen LogP contribution in [0.25, 0.3) is 0 Å². The Morgan fingerprint density at radius 3 is 2.67 bits per heavy atom. The predicted octanol–water partition coefficient (Wildman–Crippen LogP) is 3.16. The largest absolute Gasteiger partial charge is 0.314 e. The van der Waals surface area contributed by atoms with Crippen molar-refractivity contribution < 1.29 is 8.42 Å². The maximum atomic E-state index is 12.3. The standard InChI is InChI=1S/C17H27NO2S/c1-2-12-18-17-10-6-9-16(17)11-13-21(19,20)14-15-7-4-3-5-8-15/h3-5,7-8,16-18H,2,6,9-14H2,1H3. The Morgan fingerprint density at radius 2 is 1.95 bits per heavy atom. The van der Waals surface area contributed by atoms with E-state index in [9.17, 15) is 8.42 Å². The van der Waals surface area contributed by atoms with Gasteiger partial charge in [-0.15, -0.1) is 0 Å². The number of hydrogen-bond donors (Lipinski definition) is 1. The maximum absolute atomic E-state index is 12.3. The van der Waals surface area contributed by atoms with E-state index in [0.29, 0.717) is 17.7 Å². The van der Waals surface area contributed by atoms with Crippen molar-refractivity contribution >= 4 is 9.84 Å². The van der Waals surface area contributed by atoms with E-state index in [4.69, 9.17) is 0 Å². The number of hydrogen-bond acceptors (Lipinski definition) is 3. The summed E-state index contributed by atoms with van der Waals surface area (Å²) in [5, 5.41) is 3.57. The Labute approximate surface area is 129 Å². The van der Waals surface area contributed by atoms with E-state index in [2.05, 4.69) is 12.2 Å². The summed E-state index contributed by atoms with van der Waals surface area (Å²) in [5.74, 6) is 1.02. The Balaban J connectivity index is 1.83. The molecule has 0 heterocycles. The molecule has 0 aromatic heterocycles. The number of rotatable bonds is 8. The Hall–Kier alpha value is -0.870. The average molecular weight is 309 g/mol. The fraction of sp³-hybridized carbons (Fsp3) is 0.647. The molecule has 2 rings (SSSR count). The van der Waals surface area contributed by atoms with Crippen LogP contribution in [0.1, 0.15) is 44.6 Å². The molecule has 1 aromatic rings. The van der Waals surface area contributed by atoms with Crippen LogP contribution in [0.5, 0.6) is 0 Å². The molecule has 1 saturated carbocycles. The van der Waals surface area contributed by atoms with Gasteiger partial charge in [-0.05, 0) is 43.7 Å². The molecule has 0 aliphatic heterocycles. The third-order valence-electron chi connectivity index (χ3n) is 4.34. The molecule has 4 heteroatoms. The molecule has 0 radical (unpaired) electrons. The predicted molar refractivity (Wildman–Crippen MR) is 88.0 cm³/mol. The van der Waals surface area contributed by atoms with Crippen LogP contribution in [-0.4, -0.2) is 26.8 Å². The van der Waals surface area contributed by atoms with Crippen LogP contribution < -0.4 is 5.32 Å². The molecule has 2 unspecified atom stereocenters. The smallest absolute Gasteiger partial charge is 0.154 e. The van der Waals surface area contributed by atoms with Crippen molar-refractivity contribution in [3.63, 3.8) is 0 Å². The number of benzene rings is 1.